The van der Waals surface area contributed by atoms with Crippen LogP contribution in [0.15, 0.2) is 30.3 Å². The van der Waals surface area contributed by atoms with E-state index >= 15 is 0 Å². The fraction of sp³-hybridized carbons (Fsp3) is 0.429. The van der Waals surface area contributed by atoms with Crippen LogP contribution in [0.3, 0.4) is 0 Å². The molecule has 1 saturated heterocycles. The molecule has 0 spiro atoms. The molecular formula is C28H30F4N3O3PS. The van der Waals surface area contributed by atoms with Crippen molar-refractivity contribution in [3.63, 3.8) is 0 Å². The molecule has 0 radical (unpaired) electrons. The lowest BCUT2D eigenvalue weighted by molar-refractivity contribution is -0.126. The molecule has 1 aromatic heterocycles. The number of anilines is 2. The largest absolute Gasteiger partial charge is 0.453 e. The van der Waals surface area contributed by atoms with Crippen molar-refractivity contribution in [1.82, 2.24) is 4.90 Å². The Morgan fingerprint density at radius 3 is 2.65 bits per heavy atom. The molecular weight excluding hydrogens is 565 g/mol. The van der Waals surface area contributed by atoms with Gasteiger partial charge in [0.2, 0.25) is 6.79 Å². The fourth-order valence-corrected chi connectivity index (χ4v) is 7.25. The van der Waals surface area contributed by atoms with Crippen LogP contribution in [0.25, 0.3) is 10.1 Å². The van der Waals surface area contributed by atoms with E-state index in [9.17, 15) is 22.1 Å². The Kier molecular flexibility index (Phi) is 7.97. The average molecular weight is 596 g/mol. The van der Waals surface area contributed by atoms with Gasteiger partial charge in [-0.25, -0.2) is 4.39 Å². The van der Waals surface area contributed by atoms with Crippen molar-refractivity contribution in [1.29, 1.82) is 0 Å². The van der Waals surface area contributed by atoms with Gasteiger partial charge in [0.1, 0.15) is 13.3 Å². The van der Waals surface area contributed by atoms with Crippen LogP contribution in [-0.4, -0.2) is 70.1 Å². The standard InChI is InChI=1S/C28H30F4N3O3PS/c1-35-13-11-20(19(29)15-35)34-22-7-4-6-17-18(14-28(30,31)32)24(40-27(17)22)8-5-12-33-21-9-10-23(39(2,3)36)26-25(21)37-16-38-26/h4,6-7,9-10,19-20,33-34H,11-16H2,1-3H3/t19-,20+/m1/s1. The molecule has 0 unspecified atom stereocenters. The van der Waals surface area contributed by atoms with E-state index in [1.165, 1.54) is 11.3 Å². The maximum absolute atomic E-state index is 14.7. The van der Waals surface area contributed by atoms with E-state index < -0.39 is 32.0 Å². The molecule has 2 aliphatic heterocycles. The van der Waals surface area contributed by atoms with Gasteiger partial charge in [0.25, 0.3) is 0 Å². The van der Waals surface area contributed by atoms with Gasteiger partial charge in [0.15, 0.2) is 11.5 Å². The Morgan fingerprint density at radius 1 is 1.15 bits per heavy atom. The zero-order chi connectivity index (χ0) is 28.7. The SMILES string of the molecule is CN1CC[C@H](Nc2cccc3c(CC(F)(F)F)c(C#CCNc4ccc(P(C)(C)=O)c5c4OCO5)sc23)[C@H](F)C1. The predicted octanol–water partition coefficient (Wildman–Crippen LogP) is 5.90. The lowest BCUT2D eigenvalue weighted by Crippen LogP contribution is -2.46. The minimum atomic E-state index is -4.41. The summed E-state index contributed by atoms with van der Waals surface area (Å²) in [4.78, 5) is 2.24. The van der Waals surface area contributed by atoms with Crippen LogP contribution >= 0.6 is 18.5 Å². The first-order valence-electron chi connectivity index (χ1n) is 12.8. The highest BCUT2D eigenvalue weighted by atomic mass is 32.1. The lowest BCUT2D eigenvalue weighted by atomic mass is 10.0. The van der Waals surface area contributed by atoms with E-state index in [1.807, 2.05) is 11.9 Å². The highest BCUT2D eigenvalue weighted by molar-refractivity contribution is 7.70. The number of alkyl halides is 4. The molecule has 2 atom stereocenters. The quantitative estimate of drug-likeness (QED) is 0.210. The van der Waals surface area contributed by atoms with Crippen LogP contribution in [0.1, 0.15) is 16.9 Å². The summed E-state index contributed by atoms with van der Waals surface area (Å²) in [5, 5.41) is 7.43. The van der Waals surface area contributed by atoms with Gasteiger partial charge in [0.05, 0.1) is 45.3 Å². The highest BCUT2D eigenvalue weighted by Crippen LogP contribution is 2.47. The third-order valence-corrected chi connectivity index (χ3v) is 9.64. The molecule has 0 amide bonds. The van der Waals surface area contributed by atoms with Crippen LogP contribution in [0.5, 0.6) is 11.5 Å². The summed E-state index contributed by atoms with van der Waals surface area (Å²) in [7, 11) is -0.725. The maximum atomic E-state index is 14.7. The molecule has 3 aromatic rings. The summed E-state index contributed by atoms with van der Waals surface area (Å²) in [6.07, 6.45) is -6.01. The first kappa shape index (κ1) is 28.6. The number of likely N-dealkylation sites (tertiary alicyclic amines) is 1. The number of rotatable bonds is 6. The Labute approximate surface area is 234 Å². The zero-order valence-corrected chi connectivity index (χ0v) is 24.0. The molecule has 1 fully saturated rings. The topological polar surface area (TPSA) is 62.8 Å². The number of benzene rings is 2. The number of hydrogen-bond acceptors (Lipinski definition) is 7. The van der Waals surface area contributed by atoms with Crippen LogP contribution in [0, 0.1) is 11.8 Å². The second-order valence-electron chi connectivity index (χ2n) is 10.4. The number of nitrogens with zero attached hydrogens (tertiary/aromatic N) is 1. The average Bonchev–Trinajstić information content (AvgIpc) is 3.48. The zero-order valence-electron chi connectivity index (χ0n) is 22.3. The second kappa shape index (κ2) is 11.2. The highest BCUT2D eigenvalue weighted by Gasteiger charge is 2.32. The Morgan fingerprint density at radius 2 is 1.93 bits per heavy atom. The molecule has 214 valence electrons. The van der Waals surface area contributed by atoms with Crippen molar-refractivity contribution >= 4 is 45.2 Å². The van der Waals surface area contributed by atoms with Gasteiger partial charge in [-0.1, -0.05) is 24.0 Å². The monoisotopic (exact) mass is 595 g/mol. The van der Waals surface area contributed by atoms with Crippen LogP contribution in [0.4, 0.5) is 28.9 Å². The summed E-state index contributed by atoms with van der Waals surface area (Å²) >= 11 is 1.18. The number of piperidine rings is 1. The molecule has 2 aliphatic rings. The third-order valence-electron chi connectivity index (χ3n) is 6.93. The maximum Gasteiger partial charge on any atom is 0.393 e. The molecule has 3 heterocycles. The molecule has 0 bridgehead atoms. The van der Waals surface area contributed by atoms with E-state index in [4.69, 9.17) is 9.47 Å². The van der Waals surface area contributed by atoms with Crippen LogP contribution in [-0.2, 0) is 11.0 Å². The van der Waals surface area contributed by atoms with Gasteiger partial charge < -0.3 is 29.6 Å². The van der Waals surface area contributed by atoms with Gasteiger partial charge in [-0.05, 0) is 55.9 Å². The molecule has 6 nitrogen and oxygen atoms in total. The van der Waals surface area contributed by atoms with Crippen molar-refractivity contribution in [2.45, 2.75) is 31.2 Å². The van der Waals surface area contributed by atoms with Gasteiger partial charge in [-0.15, -0.1) is 11.3 Å². The molecule has 0 saturated carbocycles. The first-order chi connectivity index (χ1) is 18.9. The van der Waals surface area contributed by atoms with Crippen LogP contribution < -0.4 is 25.4 Å². The van der Waals surface area contributed by atoms with E-state index in [-0.39, 0.29) is 18.9 Å². The summed E-state index contributed by atoms with van der Waals surface area (Å²) in [5.41, 5.74) is 1.33. The smallest absolute Gasteiger partial charge is 0.393 e. The molecule has 2 N–H and O–H groups in total. The van der Waals surface area contributed by atoms with E-state index in [1.54, 1.807) is 43.7 Å². The second-order valence-corrected chi connectivity index (χ2v) is 14.6. The van der Waals surface area contributed by atoms with Crippen molar-refractivity contribution in [2.24, 2.45) is 0 Å². The van der Waals surface area contributed by atoms with Crippen molar-refractivity contribution in [2.75, 3.05) is 57.4 Å². The van der Waals surface area contributed by atoms with Crippen molar-refractivity contribution in [3.8, 4) is 23.3 Å². The fourth-order valence-electron chi connectivity index (χ4n) is 4.99. The Hall–Kier alpha value is -2.93. The Bertz CT molecular complexity index is 1520. The van der Waals surface area contributed by atoms with Crippen molar-refractivity contribution < 1.29 is 31.6 Å². The normalized spacial score (nSPS) is 19.4. The van der Waals surface area contributed by atoms with Crippen molar-refractivity contribution in [3.05, 3.63) is 40.8 Å². The molecule has 2 aromatic carbocycles. The van der Waals surface area contributed by atoms with E-state index in [0.717, 1.165) is 6.54 Å². The summed E-state index contributed by atoms with van der Waals surface area (Å²) in [5.74, 6) is 6.73. The van der Waals surface area contributed by atoms with Gasteiger partial charge in [-0.3, -0.25) is 0 Å². The lowest BCUT2D eigenvalue weighted by Gasteiger charge is -2.33. The molecule has 12 heteroatoms. The molecule has 0 aliphatic carbocycles. The number of halogens is 4. The van der Waals surface area contributed by atoms with E-state index in [0.29, 0.717) is 56.1 Å². The number of thiophene rings is 1. The van der Waals surface area contributed by atoms with Gasteiger partial charge in [0, 0.05) is 13.1 Å². The summed E-state index contributed by atoms with van der Waals surface area (Å²) < 4.78 is 79.7. The minimum Gasteiger partial charge on any atom is -0.453 e. The van der Waals surface area contributed by atoms with Gasteiger partial charge >= 0.3 is 6.18 Å². The number of ether oxygens (including phenoxy) is 2. The number of fused-ring (bicyclic) bond motifs is 2. The van der Waals surface area contributed by atoms with E-state index in [2.05, 4.69) is 22.5 Å². The van der Waals surface area contributed by atoms with Gasteiger partial charge in [-0.2, -0.15) is 13.2 Å². The summed E-state index contributed by atoms with van der Waals surface area (Å²) in [6.45, 7) is 4.48. The molecule has 5 rings (SSSR count). The minimum absolute atomic E-state index is 0.00632. The first-order valence-corrected chi connectivity index (χ1v) is 16.2. The summed E-state index contributed by atoms with van der Waals surface area (Å²) in [6, 6.07) is 8.16. The molecule has 40 heavy (non-hydrogen) atoms. The third kappa shape index (κ3) is 6.19. The number of hydrogen-bond donors (Lipinski definition) is 2. The Balaban J connectivity index is 1.41. The van der Waals surface area contributed by atoms with Crippen LogP contribution in [0.2, 0.25) is 0 Å². The predicted molar refractivity (Wildman–Crippen MR) is 153 cm³/mol. The number of nitrogens with one attached hydrogen (secondary N) is 2.